The van der Waals surface area contributed by atoms with Gasteiger partial charge in [-0.1, -0.05) is 18.9 Å². The van der Waals surface area contributed by atoms with E-state index < -0.39 is 0 Å². The zero-order valence-corrected chi connectivity index (χ0v) is 11.3. The summed E-state index contributed by atoms with van der Waals surface area (Å²) in [5, 5.41) is 0. The molecule has 1 fully saturated rings. The van der Waals surface area contributed by atoms with Crippen molar-refractivity contribution in [2.24, 2.45) is 5.73 Å². The highest BCUT2D eigenvalue weighted by Crippen LogP contribution is 2.37. The van der Waals surface area contributed by atoms with Crippen LogP contribution in [0, 0.1) is 0 Å². The summed E-state index contributed by atoms with van der Waals surface area (Å²) in [5.41, 5.74) is 7.42. The van der Waals surface area contributed by atoms with Crippen molar-refractivity contribution in [1.29, 1.82) is 0 Å². The van der Waals surface area contributed by atoms with Crippen LogP contribution in [0.3, 0.4) is 0 Å². The Balaban J connectivity index is 2.25. The van der Waals surface area contributed by atoms with E-state index in [-0.39, 0.29) is 0 Å². The van der Waals surface area contributed by atoms with Gasteiger partial charge in [0, 0.05) is 12.1 Å². The van der Waals surface area contributed by atoms with Crippen molar-refractivity contribution in [1.82, 2.24) is 0 Å². The molecule has 3 heteroatoms. The molecule has 0 amide bonds. The van der Waals surface area contributed by atoms with Crippen LogP contribution in [0.1, 0.15) is 43.6 Å². The first-order valence-corrected chi connectivity index (χ1v) is 6.72. The fourth-order valence-electron chi connectivity index (χ4n) is 2.84. The summed E-state index contributed by atoms with van der Waals surface area (Å²) < 4.78 is 10.7. The van der Waals surface area contributed by atoms with Crippen LogP contribution in [-0.2, 0) is 0 Å². The lowest BCUT2D eigenvalue weighted by molar-refractivity contribution is 0.385. The standard InChI is InChI=1S/C15H23NO2/c1-17-13-7-8-14(15(10-13)18-2)11-5-3-4-6-12(16)9-11/h7-8,10-12H,3-6,9,16H2,1-2H3. The van der Waals surface area contributed by atoms with Crippen LogP contribution in [-0.4, -0.2) is 20.3 Å². The molecule has 0 aromatic heterocycles. The Labute approximate surface area is 109 Å². The van der Waals surface area contributed by atoms with Crippen molar-refractivity contribution in [2.45, 2.75) is 44.1 Å². The molecule has 1 saturated carbocycles. The van der Waals surface area contributed by atoms with Gasteiger partial charge in [-0.05, 0) is 36.8 Å². The van der Waals surface area contributed by atoms with Gasteiger partial charge in [-0.2, -0.15) is 0 Å². The molecule has 100 valence electrons. The van der Waals surface area contributed by atoms with Crippen LogP contribution in [0.4, 0.5) is 0 Å². The van der Waals surface area contributed by atoms with Crippen LogP contribution >= 0.6 is 0 Å². The fraction of sp³-hybridized carbons (Fsp3) is 0.600. The maximum atomic E-state index is 6.14. The molecule has 3 nitrogen and oxygen atoms in total. The predicted octanol–water partition coefficient (Wildman–Crippen LogP) is 3.08. The van der Waals surface area contributed by atoms with Crippen molar-refractivity contribution in [2.75, 3.05) is 14.2 Å². The van der Waals surface area contributed by atoms with Crippen LogP contribution in [0.5, 0.6) is 11.5 Å². The highest BCUT2D eigenvalue weighted by atomic mass is 16.5. The van der Waals surface area contributed by atoms with E-state index in [0.29, 0.717) is 12.0 Å². The van der Waals surface area contributed by atoms with Gasteiger partial charge in [0.2, 0.25) is 0 Å². The number of nitrogens with two attached hydrogens (primary N) is 1. The zero-order chi connectivity index (χ0) is 13.0. The van der Waals surface area contributed by atoms with Crippen LogP contribution < -0.4 is 15.2 Å². The third-order valence-corrected chi connectivity index (χ3v) is 3.85. The topological polar surface area (TPSA) is 44.5 Å². The van der Waals surface area contributed by atoms with Crippen LogP contribution in [0.15, 0.2) is 18.2 Å². The molecular formula is C15H23NO2. The van der Waals surface area contributed by atoms with Crippen molar-refractivity contribution in [3.8, 4) is 11.5 Å². The van der Waals surface area contributed by atoms with Crippen molar-refractivity contribution in [3.63, 3.8) is 0 Å². The first-order valence-electron chi connectivity index (χ1n) is 6.72. The number of ether oxygens (including phenoxy) is 2. The molecule has 0 aliphatic heterocycles. The number of hydrogen-bond donors (Lipinski definition) is 1. The van der Waals surface area contributed by atoms with Crippen LogP contribution in [0.25, 0.3) is 0 Å². The van der Waals surface area contributed by atoms with Gasteiger partial charge in [0.25, 0.3) is 0 Å². The van der Waals surface area contributed by atoms with E-state index in [1.807, 2.05) is 12.1 Å². The number of methoxy groups -OCH3 is 2. The lowest BCUT2D eigenvalue weighted by Gasteiger charge is -2.20. The van der Waals surface area contributed by atoms with Gasteiger partial charge in [0.1, 0.15) is 11.5 Å². The second-order valence-electron chi connectivity index (χ2n) is 5.09. The lowest BCUT2D eigenvalue weighted by atomic mass is 9.90. The van der Waals surface area contributed by atoms with Gasteiger partial charge in [-0.25, -0.2) is 0 Å². The lowest BCUT2D eigenvalue weighted by Crippen LogP contribution is -2.21. The summed E-state index contributed by atoms with van der Waals surface area (Å²) in [6.45, 7) is 0. The highest BCUT2D eigenvalue weighted by molar-refractivity contribution is 5.42. The molecule has 0 spiro atoms. The highest BCUT2D eigenvalue weighted by Gasteiger charge is 2.22. The summed E-state index contributed by atoms with van der Waals surface area (Å²) in [7, 11) is 3.39. The van der Waals surface area contributed by atoms with Gasteiger partial charge >= 0.3 is 0 Å². The largest absolute Gasteiger partial charge is 0.497 e. The van der Waals surface area contributed by atoms with Gasteiger partial charge in [0.15, 0.2) is 0 Å². The predicted molar refractivity (Wildman–Crippen MR) is 73.3 cm³/mol. The molecule has 1 aromatic carbocycles. The maximum Gasteiger partial charge on any atom is 0.126 e. The Morgan fingerprint density at radius 2 is 1.89 bits per heavy atom. The van der Waals surface area contributed by atoms with Gasteiger partial charge in [-0.3, -0.25) is 0 Å². The SMILES string of the molecule is COc1ccc(C2CCCCC(N)C2)c(OC)c1. The van der Waals surface area contributed by atoms with E-state index in [1.165, 1.54) is 24.8 Å². The summed E-state index contributed by atoms with van der Waals surface area (Å²) in [6, 6.07) is 6.42. The zero-order valence-electron chi connectivity index (χ0n) is 11.3. The normalized spacial score (nSPS) is 24.4. The fourth-order valence-corrected chi connectivity index (χ4v) is 2.84. The van der Waals surface area contributed by atoms with Crippen molar-refractivity contribution >= 4 is 0 Å². The molecular weight excluding hydrogens is 226 g/mol. The Morgan fingerprint density at radius 3 is 2.61 bits per heavy atom. The van der Waals surface area contributed by atoms with Gasteiger partial charge < -0.3 is 15.2 Å². The van der Waals surface area contributed by atoms with E-state index in [0.717, 1.165) is 24.3 Å². The average molecular weight is 249 g/mol. The van der Waals surface area contributed by atoms with Gasteiger partial charge in [-0.15, -0.1) is 0 Å². The Kier molecular flexibility index (Phi) is 4.48. The molecule has 0 radical (unpaired) electrons. The Morgan fingerprint density at radius 1 is 1.11 bits per heavy atom. The molecule has 0 bridgehead atoms. The maximum absolute atomic E-state index is 6.14. The molecule has 1 aromatic rings. The molecule has 2 atom stereocenters. The summed E-state index contributed by atoms with van der Waals surface area (Å²) >= 11 is 0. The minimum absolute atomic E-state index is 0.323. The third kappa shape index (κ3) is 2.96. The van der Waals surface area contributed by atoms with E-state index in [9.17, 15) is 0 Å². The second-order valence-corrected chi connectivity index (χ2v) is 5.09. The van der Waals surface area contributed by atoms with E-state index in [1.54, 1.807) is 14.2 Å². The molecule has 1 aliphatic rings. The third-order valence-electron chi connectivity index (χ3n) is 3.85. The molecule has 2 N–H and O–H groups in total. The molecule has 0 saturated heterocycles. The quantitative estimate of drug-likeness (QED) is 0.837. The summed E-state index contributed by atoms with van der Waals surface area (Å²) in [4.78, 5) is 0. The molecule has 1 aliphatic carbocycles. The van der Waals surface area contributed by atoms with Gasteiger partial charge in [0.05, 0.1) is 14.2 Å². The molecule has 18 heavy (non-hydrogen) atoms. The van der Waals surface area contributed by atoms with Crippen LogP contribution in [0.2, 0.25) is 0 Å². The molecule has 2 rings (SSSR count). The van der Waals surface area contributed by atoms with E-state index >= 15 is 0 Å². The van der Waals surface area contributed by atoms with E-state index in [2.05, 4.69) is 6.07 Å². The summed E-state index contributed by atoms with van der Waals surface area (Å²) in [6.07, 6.45) is 5.91. The monoisotopic (exact) mass is 249 g/mol. The first kappa shape index (κ1) is 13.2. The smallest absolute Gasteiger partial charge is 0.126 e. The average Bonchev–Trinajstić information content (AvgIpc) is 2.62. The second kappa shape index (κ2) is 6.10. The molecule has 2 unspecified atom stereocenters. The van der Waals surface area contributed by atoms with E-state index in [4.69, 9.17) is 15.2 Å². The Bertz CT molecular complexity index is 392. The minimum Gasteiger partial charge on any atom is -0.497 e. The van der Waals surface area contributed by atoms with Crippen molar-refractivity contribution < 1.29 is 9.47 Å². The minimum atomic E-state index is 0.323. The summed E-state index contributed by atoms with van der Waals surface area (Å²) in [5.74, 6) is 2.28. The number of hydrogen-bond acceptors (Lipinski definition) is 3. The van der Waals surface area contributed by atoms with Crippen molar-refractivity contribution in [3.05, 3.63) is 23.8 Å². The molecule has 0 heterocycles. The Hall–Kier alpha value is -1.22. The first-order chi connectivity index (χ1) is 8.74. The number of rotatable bonds is 3. The number of benzene rings is 1.